The Hall–Kier alpha value is -1.06. The molecule has 1 saturated heterocycles. The van der Waals surface area contributed by atoms with Crippen LogP contribution in [0.3, 0.4) is 0 Å². The number of piperidine rings is 1. The van der Waals surface area contributed by atoms with Gasteiger partial charge in [0.25, 0.3) is 0 Å². The normalized spacial score (nSPS) is 25.0. The third kappa shape index (κ3) is 4.07. The first-order chi connectivity index (χ1) is 11.1. The lowest BCUT2D eigenvalue weighted by molar-refractivity contribution is -0.135. The second kappa shape index (κ2) is 7.23. The summed E-state index contributed by atoms with van der Waals surface area (Å²) in [6.45, 7) is 6.80. The Balaban J connectivity index is 1.49. The number of nitrogens with zero attached hydrogens (tertiary/aromatic N) is 1. The Morgan fingerprint density at radius 2 is 2.00 bits per heavy atom. The van der Waals surface area contributed by atoms with Crippen molar-refractivity contribution in [3.8, 4) is 0 Å². The largest absolute Gasteiger partial charge is 0.378 e. The lowest BCUT2D eigenvalue weighted by Crippen LogP contribution is -2.42. The van der Waals surface area contributed by atoms with Crippen LogP contribution in [0, 0.1) is 11.8 Å². The highest BCUT2D eigenvalue weighted by molar-refractivity contribution is 6.31. The van der Waals surface area contributed by atoms with Crippen molar-refractivity contribution in [3.63, 3.8) is 0 Å². The summed E-state index contributed by atoms with van der Waals surface area (Å²) in [5, 5.41) is 0.786. The fourth-order valence-electron chi connectivity index (χ4n) is 3.39. The van der Waals surface area contributed by atoms with E-state index in [9.17, 15) is 4.79 Å². The number of likely N-dealkylation sites (tertiary alicyclic amines) is 1. The zero-order chi connectivity index (χ0) is 16.4. The standard InChI is InChI=1S/C19H26ClNO2/c1-13(2)12-23-14-7-9-21(10-8-14)19(22)17-11-16(17)15-5-3-4-6-18(15)20/h3-6,13-14,16-17H,7-12H2,1-2H3/t16-,17-/m1/s1. The highest BCUT2D eigenvalue weighted by Gasteiger charge is 2.46. The van der Waals surface area contributed by atoms with Crippen LogP contribution in [-0.4, -0.2) is 36.6 Å². The number of rotatable bonds is 5. The van der Waals surface area contributed by atoms with Crippen molar-refractivity contribution < 1.29 is 9.53 Å². The van der Waals surface area contributed by atoms with Crippen LogP contribution in [0.25, 0.3) is 0 Å². The summed E-state index contributed by atoms with van der Waals surface area (Å²) < 4.78 is 5.90. The molecule has 1 aliphatic heterocycles. The zero-order valence-corrected chi connectivity index (χ0v) is 14.8. The molecule has 2 aliphatic rings. The third-order valence-electron chi connectivity index (χ3n) is 4.83. The minimum absolute atomic E-state index is 0.128. The first-order valence-corrected chi connectivity index (χ1v) is 9.09. The van der Waals surface area contributed by atoms with Gasteiger partial charge in [-0.1, -0.05) is 43.6 Å². The fourth-order valence-corrected chi connectivity index (χ4v) is 3.67. The lowest BCUT2D eigenvalue weighted by atomic mass is 10.1. The summed E-state index contributed by atoms with van der Waals surface area (Å²) in [7, 11) is 0. The van der Waals surface area contributed by atoms with Crippen LogP contribution in [-0.2, 0) is 9.53 Å². The van der Waals surface area contributed by atoms with Crippen LogP contribution in [0.15, 0.2) is 24.3 Å². The molecule has 0 bridgehead atoms. The zero-order valence-electron chi connectivity index (χ0n) is 14.0. The van der Waals surface area contributed by atoms with Gasteiger partial charge in [-0.2, -0.15) is 0 Å². The van der Waals surface area contributed by atoms with Crippen molar-refractivity contribution in [2.24, 2.45) is 11.8 Å². The summed E-state index contributed by atoms with van der Waals surface area (Å²) in [6.07, 6.45) is 3.18. The van der Waals surface area contributed by atoms with Crippen LogP contribution in [0.4, 0.5) is 0 Å². The second-order valence-electron chi connectivity index (χ2n) is 7.22. The molecule has 1 aliphatic carbocycles. The van der Waals surface area contributed by atoms with Crippen LogP contribution < -0.4 is 0 Å². The highest BCUT2D eigenvalue weighted by atomic mass is 35.5. The molecular formula is C19H26ClNO2. The molecular weight excluding hydrogens is 310 g/mol. The molecule has 1 aromatic rings. The van der Waals surface area contributed by atoms with E-state index in [1.165, 1.54) is 0 Å². The lowest BCUT2D eigenvalue weighted by Gasteiger charge is -2.32. The maximum atomic E-state index is 12.7. The van der Waals surface area contributed by atoms with Gasteiger partial charge >= 0.3 is 0 Å². The molecule has 2 fully saturated rings. The predicted octanol–water partition coefficient (Wildman–Crippen LogP) is 4.11. The number of amides is 1. The van der Waals surface area contributed by atoms with Gasteiger partial charge in [-0.3, -0.25) is 4.79 Å². The van der Waals surface area contributed by atoms with Gasteiger partial charge in [0.05, 0.1) is 6.10 Å². The molecule has 0 spiro atoms. The van der Waals surface area contributed by atoms with E-state index >= 15 is 0 Å². The van der Waals surface area contributed by atoms with Crippen molar-refractivity contribution in [1.29, 1.82) is 0 Å². The molecule has 1 amide bonds. The van der Waals surface area contributed by atoms with E-state index in [4.69, 9.17) is 16.3 Å². The Morgan fingerprint density at radius 3 is 2.65 bits per heavy atom. The summed E-state index contributed by atoms with van der Waals surface area (Å²) in [5.41, 5.74) is 1.13. The monoisotopic (exact) mass is 335 g/mol. The molecule has 0 N–H and O–H groups in total. The topological polar surface area (TPSA) is 29.5 Å². The summed E-state index contributed by atoms with van der Waals surface area (Å²) in [4.78, 5) is 14.7. The van der Waals surface area contributed by atoms with E-state index < -0.39 is 0 Å². The molecule has 126 valence electrons. The first-order valence-electron chi connectivity index (χ1n) is 8.71. The summed E-state index contributed by atoms with van der Waals surface area (Å²) >= 11 is 6.25. The van der Waals surface area contributed by atoms with E-state index in [0.717, 1.165) is 49.5 Å². The average molecular weight is 336 g/mol. The SMILES string of the molecule is CC(C)COC1CCN(C(=O)[C@@H]2C[C@@H]2c2ccccc2Cl)CC1. The summed E-state index contributed by atoms with van der Waals surface area (Å²) in [6, 6.07) is 7.90. The number of carbonyl (C=O) groups excluding carboxylic acids is 1. The van der Waals surface area contributed by atoms with Gasteiger partial charge in [0.15, 0.2) is 0 Å². The first kappa shape index (κ1) is 16.8. The van der Waals surface area contributed by atoms with E-state index in [1.807, 2.05) is 29.2 Å². The van der Waals surface area contributed by atoms with Gasteiger partial charge in [0.2, 0.25) is 5.91 Å². The van der Waals surface area contributed by atoms with Crippen molar-refractivity contribution >= 4 is 17.5 Å². The van der Waals surface area contributed by atoms with Crippen molar-refractivity contribution in [2.75, 3.05) is 19.7 Å². The Bertz CT molecular complexity index is 552. The van der Waals surface area contributed by atoms with Gasteiger partial charge in [0, 0.05) is 30.6 Å². The van der Waals surface area contributed by atoms with Crippen molar-refractivity contribution in [1.82, 2.24) is 4.90 Å². The van der Waals surface area contributed by atoms with Crippen molar-refractivity contribution in [3.05, 3.63) is 34.9 Å². The number of halogens is 1. The van der Waals surface area contributed by atoms with Crippen LogP contribution in [0.1, 0.15) is 44.6 Å². The van der Waals surface area contributed by atoms with E-state index in [1.54, 1.807) is 0 Å². The van der Waals surface area contributed by atoms with Crippen molar-refractivity contribution in [2.45, 2.75) is 45.1 Å². The number of hydrogen-bond donors (Lipinski definition) is 0. The van der Waals surface area contributed by atoms with Gasteiger partial charge in [-0.05, 0) is 42.7 Å². The van der Waals surface area contributed by atoms with Crippen LogP contribution in [0.2, 0.25) is 5.02 Å². The number of ether oxygens (including phenoxy) is 1. The molecule has 3 nitrogen and oxygen atoms in total. The quantitative estimate of drug-likeness (QED) is 0.810. The minimum Gasteiger partial charge on any atom is -0.378 e. The van der Waals surface area contributed by atoms with E-state index in [2.05, 4.69) is 13.8 Å². The highest BCUT2D eigenvalue weighted by Crippen LogP contribution is 2.50. The minimum atomic E-state index is 0.128. The predicted molar refractivity (Wildman–Crippen MR) is 92.7 cm³/mol. The van der Waals surface area contributed by atoms with Gasteiger partial charge < -0.3 is 9.64 Å². The molecule has 3 rings (SSSR count). The molecule has 0 aromatic heterocycles. The van der Waals surface area contributed by atoms with E-state index in [-0.39, 0.29) is 5.92 Å². The molecule has 0 radical (unpaired) electrons. The van der Waals surface area contributed by atoms with Gasteiger partial charge in [0.1, 0.15) is 0 Å². The Kier molecular flexibility index (Phi) is 5.27. The van der Waals surface area contributed by atoms with Gasteiger partial charge in [-0.25, -0.2) is 0 Å². The maximum absolute atomic E-state index is 12.7. The Morgan fingerprint density at radius 1 is 1.30 bits per heavy atom. The fraction of sp³-hybridized carbons (Fsp3) is 0.632. The van der Waals surface area contributed by atoms with E-state index in [0.29, 0.717) is 23.8 Å². The molecule has 23 heavy (non-hydrogen) atoms. The third-order valence-corrected chi connectivity index (χ3v) is 5.18. The number of carbonyl (C=O) groups is 1. The second-order valence-corrected chi connectivity index (χ2v) is 7.63. The number of hydrogen-bond acceptors (Lipinski definition) is 2. The number of benzene rings is 1. The maximum Gasteiger partial charge on any atom is 0.226 e. The molecule has 0 unspecified atom stereocenters. The van der Waals surface area contributed by atoms with Gasteiger partial charge in [-0.15, -0.1) is 0 Å². The molecule has 1 aromatic carbocycles. The molecule has 4 heteroatoms. The average Bonchev–Trinajstić information content (AvgIpc) is 3.33. The smallest absolute Gasteiger partial charge is 0.226 e. The Labute approximate surface area is 144 Å². The van der Waals surface area contributed by atoms with Crippen LogP contribution >= 0.6 is 11.6 Å². The van der Waals surface area contributed by atoms with Crippen LogP contribution in [0.5, 0.6) is 0 Å². The molecule has 1 saturated carbocycles. The summed E-state index contributed by atoms with van der Waals surface area (Å²) in [5.74, 6) is 1.31. The molecule has 2 atom stereocenters. The molecule has 1 heterocycles.